The fourth-order valence-electron chi connectivity index (χ4n) is 2.87. The number of hydrogen-bond donors (Lipinski definition) is 0. The Kier molecular flexibility index (Phi) is 3.29. The number of methoxy groups -OCH3 is 1. The molecule has 0 aromatic heterocycles. The molecule has 1 saturated carbocycles. The van der Waals surface area contributed by atoms with Crippen LogP contribution >= 0.6 is 0 Å². The van der Waals surface area contributed by atoms with Crippen molar-refractivity contribution in [2.45, 2.75) is 53.1 Å². The van der Waals surface area contributed by atoms with Gasteiger partial charge in [0.05, 0.1) is 12.5 Å². The zero-order valence-electron chi connectivity index (χ0n) is 11.5. The first-order valence-electron chi connectivity index (χ1n) is 6.14. The molecule has 0 aromatic carbocycles. The van der Waals surface area contributed by atoms with Gasteiger partial charge < -0.3 is 9.47 Å². The fourth-order valence-corrected chi connectivity index (χ4v) is 2.87. The molecule has 2 fully saturated rings. The van der Waals surface area contributed by atoms with Gasteiger partial charge in [-0.3, -0.25) is 4.79 Å². The van der Waals surface area contributed by atoms with E-state index in [0.29, 0.717) is 12.8 Å². The van der Waals surface area contributed by atoms with Gasteiger partial charge in [0.25, 0.3) is 0 Å². The maximum absolute atomic E-state index is 11.8. The molecule has 0 spiro atoms. The van der Waals surface area contributed by atoms with Crippen LogP contribution in [-0.4, -0.2) is 24.6 Å². The molecule has 1 aliphatic carbocycles. The minimum Gasteiger partial charge on any atom is -0.466 e. The number of fused-ring (bicyclic) bond motifs is 2. The average molecular weight is 242 g/mol. The van der Waals surface area contributed by atoms with E-state index in [1.807, 2.05) is 34.6 Å². The highest BCUT2D eigenvalue weighted by Gasteiger charge is 2.76. The molecule has 2 unspecified atom stereocenters. The molecule has 2 aliphatic rings. The van der Waals surface area contributed by atoms with E-state index in [-0.39, 0.29) is 5.97 Å². The van der Waals surface area contributed by atoms with Gasteiger partial charge in [0.1, 0.15) is 0 Å². The quantitative estimate of drug-likeness (QED) is 0.662. The molecular formula is C13H22O4. The van der Waals surface area contributed by atoms with Gasteiger partial charge in [-0.05, 0) is 19.8 Å². The molecule has 1 heterocycles. The lowest BCUT2D eigenvalue weighted by atomic mass is 9.66. The zero-order valence-corrected chi connectivity index (χ0v) is 11.5. The number of ether oxygens (including phenoxy) is 2. The van der Waals surface area contributed by atoms with Crippen LogP contribution in [0.2, 0.25) is 0 Å². The Bertz CT molecular complexity index is 347. The van der Waals surface area contributed by atoms with Crippen LogP contribution in [0.15, 0.2) is 0 Å². The van der Waals surface area contributed by atoms with Gasteiger partial charge in [-0.15, -0.1) is 0 Å². The molecule has 4 nitrogen and oxygen atoms in total. The Hall–Kier alpha value is -1.06. The highest BCUT2D eigenvalue weighted by atomic mass is 16.6. The Morgan fingerprint density at radius 1 is 1.24 bits per heavy atom. The lowest BCUT2D eigenvalue weighted by molar-refractivity contribution is -0.180. The van der Waals surface area contributed by atoms with Crippen LogP contribution in [0, 0.1) is 10.8 Å². The summed E-state index contributed by atoms with van der Waals surface area (Å²) in [5.41, 5.74) is -2.11. The smallest absolute Gasteiger partial charge is 0.350 e. The van der Waals surface area contributed by atoms with Crippen LogP contribution < -0.4 is 0 Å². The lowest BCUT2D eigenvalue weighted by Gasteiger charge is -2.33. The molecule has 1 saturated heterocycles. The van der Waals surface area contributed by atoms with Crippen LogP contribution in [0.1, 0.15) is 47.5 Å². The van der Waals surface area contributed by atoms with Crippen molar-refractivity contribution in [3.05, 3.63) is 0 Å². The van der Waals surface area contributed by atoms with E-state index >= 15 is 0 Å². The fraction of sp³-hybridized carbons (Fsp3) is 0.846. The van der Waals surface area contributed by atoms with Crippen LogP contribution in [0.5, 0.6) is 0 Å². The highest BCUT2D eigenvalue weighted by Crippen LogP contribution is 2.65. The number of carbonyl (C=O) groups excluding carboxylic acids is 2. The molecule has 2 rings (SSSR count). The van der Waals surface area contributed by atoms with E-state index in [4.69, 9.17) is 9.47 Å². The van der Waals surface area contributed by atoms with Gasteiger partial charge in [0, 0.05) is 5.41 Å². The van der Waals surface area contributed by atoms with E-state index in [1.54, 1.807) is 0 Å². The summed E-state index contributed by atoms with van der Waals surface area (Å²) >= 11 is 0. The first-order valence-corrected chi connectivity index (χ1v) is 6.14. The third kappa shape index (κ3) is 1.36. The Balaban J connectivity index is 0.000000686. The molecular weight excluding hydrogens is 220 g/mol. The van der Waals surface area contributed by atoms with Crippen molar-refractivity contribution < 1.29 is 19.1 Å². The van der Waals surface area contributed by atoms with Crippen LogP contribution in [0.25, 0.3) is 0 Å². The third-order valence-electron chi connectivity index (χ3n) is 4.60. The molecule has 0 amide bonds. The number of carbonyl (C=O) groups is 2. The summed E-state index contributed by atoms with van der Waals surface area (Å²) in [7, 11) is 1.33. The van der Waals surface area contributed by atoms with Crippen LogP contribution in [0.4, 0.5) is 0 Å². The first-order chi connectivity index (χ1) is 7.82. The Labute approximate surface area is 103 Å². The Morgan fingerprint density at radius 3 is 2.06 bits per heavy atom. The zero-order chi connectivity index (χ0) is 13.5. The van der Waals surface area contributed by atoms with E-state index in [0.717, 1.165) is 0 Å². The number of hydrogen-bond acceptors (Lipinski definition) is 4. The SMILES string of the molecule is CC.COC(=O)C12CCC(C)(C(=O)O1)C2(C)C. The maximum Gasteiger partial charge on any atom is 0.350 e. The highest BCUT2D eigenvalue weighted by molar-refractivity contribution is 5.93. The van der Waals surface area contributed by atoms with Gasteiger partial charge in [-0.1, -0.05) is 27.7 Å². The van der Waals surface area contributed by atoms with Crippen molar-refractivity contribution in [2.75, 3.05) is 7.11 Å². The summed E-state index contributed by atoms with van der Waals surface area (Å²) in [5.74, 6) is -0.703. The second-order valence-electron chi connectivity index (χ2n) is 5.17. The number of esters is 2. The minimum absolute atomic E-state index is 0.274. The van der Waals surface area contributed by atoms with Gasteiger partial charge in [-0.25, -0.2) is 4.79 Å². The van der Waals surface area contributed by atoms with E-state index < -0.39 is 22.4 Å². The predicted molar refractivity (Wildman–Crippen MR) is 63.3 cm³/mol. The molecule has 4 heteroatoms. The van der Waals surface area contributed by atoms with Crippen molar-refractivity contribution in [1.82, 2.24) is 0 Å². The second-order valence-corrected chi connectivity index (χ2v) is 5.17. The van der Waals surface area contributed by atoms with Crippen LogP contribution in [0.3, 0.4) is 0 Å². The van der Waals surface area contributed by atoms with Crippen molar-refractivity contribution in [3.63, 3.8) is 0 Å². The summed E-state index contributed by atoms with van der Waals surface area (Å²) in [6.07, 6.45) is 1.25. The van der Waals surface area contributed by atoms with E-state index in [1.165, 1.54) is 7.11 Å². The molecule has 98 valence electrons. The number of rotatable bonds is 1. The topological polar surface area (TPSA) is 52.6 Å². The van der Waals surface area contributed by atoms with E-state index in [9.17, 15) is 9.59 Å². The predicted octanol–water partition coefficient (Wildman–Crippen LogP) is 2.31. The molecule has 2 atom stereocenters. The summed E-state index contributed by atoms with van der Waals surface area (Å²) in [6, 6.07) is 0. The standard InChI is InChI=1S/C11H16O4.C2H6/c1-9(2)10(3)5-6-11(9,8(13)14-4)15-7(10)12;1-2/h5-6H2,1-4H3;1-2H3. The molecule has 2 bridgehead atoms. The molecule has 1 aliphatic heterocycles. The molecule has 17 heavy (non-hydrogen) atoms. The Morgan fingerprint density at radius 2 is 1.76 bits per heavy atom. The summed E-state index contributed by atoms with van der Waals surface area (Å²) in [6.45, 7) is 9.68. The van der Waals surface area contributed by atoms with Gasteiger partial charge in [-0.2, -0.15) is 0 Å². The van der Waals surface area contributed by atoms with Crippen molar-refractivity contribution in [3.8, 4) is 0 Å². The van der Waals surface area contributed by atoms with Crippen molar-refractivity contribution in [1.29, 1.82) is 0 Å². The van der Waals surface area contributed by atoms with Gasteiger partial charge >= 0.3 is 11.9 Å². The molecule has 0 radical (unpaired) electrons. The first kappa shape index (κ1) is 14.0. The maximum atomic E-state index is 11.8. The molecule has 0 aromatic rings. The van der Waals surface area contributed by atoms with Crippen molar-refractivity contribution >= 4 is 11.9 Å². The minimum atomic E-state index is -1.06. The lowest BCUT2D eigenvalue weighted by Crippen LogP contribution is -2.48. The normalized spacial score (nSPS) is 36.9. The van der Waals surface area contributed by atoms with Crippen molar-refractivity contribution in [2.24, 2.45) is 10.8 Å². The summed E-state index contributed by atoms with van der Waals surface area (Å²) < 4.78 is 10.1. The second kappa shape index (κ2) is 4.00. The summed E-state index contributed by atoms with van der Waals surface area (Å²) in [4.78, 5) is 23.6. The van der Waals surface area contributed by atoms with Crippen LogP contribution in [-0.2, 0) is 19.1 Å². The third-order valence-corrected chi connectivity index (χ3v) is 4.60. The average Bonchev–Trinajstić information content (AvgIpc) is 2.61. The largest absolute Gasteiger partial charge is 0.466 e. The monoisotopic (exact) mass is 242 g/mol. The van der Waals surface area contributed by atoms with Gasteiger partial charge in [0.15, 0.2) is 0 Å². The van der Waals surface area contributed by atoms with E-state index in [2.05, 4.69) is 0 Å². The summed E-state index contributed by atoms with van der Waals surface area (Å²) in [5, 5.41) is 0. The molecule has 0 N–H and O–H groups in total. The van der Waals surface area contributed by atoms with Gasteiger partial charge in [0.2, 0.25) is 5.60 Å².